The monoisotopic (exact) mass is 358 g/mol. The Labute approximate surface area is 158 Å². The van der Waals surface area contributed by atoms with Gasteiger partial charge in [-0.05, 0) is 42.7 Å². The van der Waals surface area contributed by atoms with Crippen LogP contribution in [0.25, 0.3) is 27.8 Å². The first kappa shape index (κ1) is 17.2. The van der Waals surface area contributed by atoms with Crippen molar-refractivity contribution in [2.24, 2.45) is 0 Å². The van der Waals surface area contributed by atoms with Crippen molar-refractivity contribution in [2.45, 2.75) is 32.6 Å². The summed E-state index contributed by atoms with van der Waals surface area (Å²) in [5, 5.41) is 19.5. The zero-order valence-electron chi connectivity index (χ0n) is 15.3. The molecule has 0 bridgehead atoms. The molecule has 2 heterocycles. The molecule has 136 valence electrons. The van der Waals surface area contributed by atoms with Crippen LogP contribution in [0.15, 0.2) is 60.9 Å². The van der Waals surface area contributed by atoms with E-state index in [1.807, 2.05) is 24.4 Å². The number of pyridine rings is 1. The minimum Gasteiger partial charge on any atom is -0.506 e. The molecule has 2 aromatic heterocycles. The van der Waals surface area contributed by atoms with Crippen molar-refractivity contribution in [3.63, 3.8) is 0 Å². The molecule has 0 atom stereocenters. The fourth-order valence-corrected chi connectivity index (χ4v) is 3.28. The first-order valence-electron chi connectivity index (χ1n) is 9.35. The van der Waals surface area contributed by atoms with Crippen LogP contribution >= 0.6 is 0 Å². The van der Waals surface area contributed by atoms with E-state index in [1.54, 1.807) is 16.9 Å². The predicted molar refractivity (Wildman–Crippen MR) is 107 cm³/mol. The molecule has 5 nitrogen and oxygen atoms in total. The maximum atomic E-state index is 10.0. The third-order valence-electron chi connectivity index (χ3n) is 4.78. The summed E-state index contributed by atoms with van der Waals surface area (Å²) in [6.45, 7) is 2.22. The standard InChI is InChI=1S/C22H22N4O/c1-2-3-4-6-16-8-10-17(11-9-16)19-15-26(25-24-19)20-12-13-21(27)22-18(20)7-5-14-23-22/h5,7-15,27H,2-4,6H2,1H3. The second-order valence-electron chi connectivity index (χ2n) is 6.71. The summed E-state index contributed by atoms with van der Waals surface area (Å²) in [7, 11) is 0. The van der Waals surface area contributed by atoms with Crippen molar-refractivity contribution >= 4 is 10.9 Å². The van der Waals surface area contributed by atoms with Crippen molar-refractivity contribution < 1.29 is 5.11 Å². The Balaban J connectivity index is 1.62. The number of phenols is 1. The number of aromatic hydroxyl groups is 1. The van der Waals surface area contributed by atoms with Crippen LogP contribution in [0.3, 0.4) is 0 Å². The molecule has 27 heavy (non-hydrogen) atoms. The average Bonchev–Trinajstić information content (AvgIpc) is 3.19. The third kappa shape index (κ3) is 3.53. The Kier molecular flexibility index (Phi) is 4.83. The number of hydrogen-bond donors (Lipinski definition) is 1. The molecule has 0 aliphatic carbocycles. The van der Waals surface area contributed by atoms with Gasteiger partial charge in [-0.15, -0.1) is 5.10 Å². The van der Waals surface area contributed by atoms with Gasteiger partial charge in [-0.3, -0.25) is 4.98 Å². The molecule has 1 N–H and O–H groups in total. The van der Waals surface area contributed by atoms with E-state index in [0.717, 1.165) is 28.8 Å². The van der Waals surface area contributed by atoms with Gasteiger partial charge in [0.1, 0.15) is 17.0 Å². The Hall–Kier alpha value is -3.21. The number of aromatic nitrogens is 4. The minimum absolute atomic E-state index is 0.161. The van der Waals surface area contributed by atoms with E-state index in [-0.39, 0.29) is 5.75 Å². The van der Waals surface area contributed by atoms with E-state index in [0.29, 0.717) is 5.52 Å². The van der Waals surface area contributed by atoms with Gasteiger partial charge in [-0.2, -0.15) is 0 Å². The van der Waals surface area contributed by atoms with Gasteiger partial charge in [-0.1, -0.05) is 49.2 Å². The zero-order valence-corrected chi connectivity index (χ0v) is 15.3. The lowest BCUT2D eigenvalue weighted by atomic mass is 10.0. The first-order valence-corrected chi connectivity index (χ1v) is 9.35. The highest BCUT2D eigenvalue weighted by molar-refractivity contribution is 5.91. The van der Waals surface area contributed by atoms with Gasteiger partial charge in [0.25, 0.3) is 0 Å². The highest BCUT2D eigenvalue weighted by Crippen LogP contribution is 2.28. The summed E-state index contributed by atoms with van der Waals surface area (Å²) in [6, 6.07) is 15.8. The maximum Gasteiger partial charge on any atom is 0.141 e. The Morgan fingerprint density at radius 3 is 2.67 bits per heavy atom. The number of benzene rings is 2. The molecule has 4 rings (SSSR count). The fraction of sp³-hybridized carbons (Fsp3) is 0.227. The van der Waals surface area contributed by atoms with E-state index in [9.17, 15) is 5.11 Å². The summed E-state index contributed by atoms with van der Waals surface area (Å²) in [5.41, 5.74) is 4.62. The average molecular weight is 358 g/mol. The Morgan fingerprint density at radius 1 is 1.00 bits per heavy atom. The van der Waals surface area contributed by atoms with E-state index >= 15 is 0 Å². The molecule has 0 saturated heterocycles. The maximum absolute atomic E-state index is 10.0. The number of unbranched alkanes of at least 4 members (excludes halogenated alkanes) is 2. The topological polar surface area (TPSA) is 63.8 Å². The first-order chi connectivity index (χ1) is 13.3. The van der Waals surface area contributed by atoms with Gasteiger partial charge in [-0.25, -0.2) is 4.68 Å². The second-order valence-corrected chi connectivity index (χ2v) is 6.71. The number of aryl methyl sites for hydroxylation is 1. The smallest absolute Gasteiger partial charge is 0.141 e. The summed E-state index contributed by atoms with van der Waals surface area (Å²) >= 11 is 0. The lowest BCUT2D eigenvalue weighted by molar-refractivity contribution is 0.480. The van der Waals surface area contributed by atoms with Gasteiger partial charge >= 0.3 is 0 Å². The van der Waals surface area contributed by atoms with Crippen LogP contribution < -0.4 is 0 Å². The lowest BCUT2D eigenvalue weighted by Gasteiger charge is -2.06. The number of hydrogen-bond acceptors (Lipinski definition) is 4. The van der Waals surface area contributed by atoms with Crippen LogP contribution in [0.4, 0.5) is 0 Å². The summed E-state index contributed by atoms with van der Waals surface area (Å²) in [4.78, 5) is 4.26. The molecular formula is C22H22N4O. The Bertz CT molecular complexity index is 1050. The SMILES string of the molecule is CCCCCc1ccc(-c2cn(-c3ccc(O)c4ncccc34)nn2)cc1. The van der Waals surface area contributed by atoms with E-state index in [4.69, 9.17) is 0 Å². The van der Waals surface area contributed by atoms with Crippen LogP contribution in [0.2, 0.25) is 0 Å². The summed E-state index contributed by atoms with van der Waals surface area (Å²) in [5.74, 6) is 0.161. The summed E-state index contributed by atoms with van der Waals surface area (Å²) in [6.07, 6.45) is 8.43. The molecule has 0 radical (unpaired) electrons. The molecule has 0 aliphatic heterocycles. The number of phenolic OH excluding ortho intramolecular Hbond substituents is 1. The highest BCUT2D eigenvalue weighted by atomic mass is 16.3. The molecule has 5 heteroatoms. The molecule has 0 fully saturated rings. The van der Waals surface area contributed by atoms with Gasteiger partial charge in [0.15, 0.2) is 0 Å². The van der Waals surface area contributed by atoms with Crippen molar-refractivity contribution in [3.8, 4) is 22.7 Å². The van der Waals surface area contributed by atoms with Crippen LogP contribution in [0.1, 0.15) is 31.7 Å². The van der Waals surface area contributed by atoms with Crippen LogP contribution in [-0.4, -0.2) is 25.1 Å². The normalized spacial score (nSPS) is 11.1. The number of fused-ring (bicyclic) bond motifs is 1. The van der Waals surface area contributed by atoms with Crippen molar-refractivity contribution in [1.29, 1.82) is 0 Å². The lowest BCUT2D eigenvalue weighted by Crippen LogP contribution is -1.96. The zero-order chi connectivity index (χ0) is 18.6. The molecule has 0 spiro atoms. The molecule has 0 amide bonds. The van der Waals surface area contributed by atoms with Crippen LogP contribution in [0, 0.1) is 0 Å². The van der Waals surface area contributed by atoms with Crippen molar-refractivity contribution in [1.82, 2.24) is 20.0 Å². The molecule has 0 unspecified atom stereocenters. The Morgan fingerprint density at radius 2 is 1.85 bits per heavy atom. The van der Waals surface area contributed by atoms with E-state index in [2.05, 4.69) is 46.5 Å². The van der Waals surface area contributed by atoms with Crippen LogP contribution in [0.5, 0.6) is 5.75 Å². The van der Waals surface area contributed by atoms with Gasteiger partial charge in [0.05, 0.1) is 11.9 Å². The van der Waals surface area contributed by atoms with Crippen molar-refractivity contribution in [3.05, 3.63) is 66.5 Å². The molecule has 0 aliphatic rings. The molecule has 0 saturated carbocycles. The largest absolute Gasteiger partial charge is 0.506 e. The minimum atomic E-state index is 0.161. The number of rotatable bonds is 6. The van der Waals surface area contributed by atoms with Crippen LogP contribution in [-0.2, 0) is 6.42 Å². The predicted octanol–water partition coefficient (Wildman–Crippen LogP) is 4.92. The molecular weight excluding hydrogens is 336 g/mol. The molecule has 2 aromatic carbocycles. The highest BCUT2D eigenvalue weighted by Gasteiger charge is 2.11. The summed E-state index contributed by atoms with van der Waals surface area (Å²) < 4.78 is 1.73. The fourth-order valence-electron chi connectivity index (χ4n) is 3.28. The van der Waals surface area contributed by atoms with Gasteiger partial charge in [0.2, 0.25) is 0 Å². The van der Waals surface area contributed by atoms with Crippen molar-refractivity contribution in [2.75, 3.05) is 0 Å². The molecule has 4 aromatic rings. The third-order valence-corrected chi connectivity index (χ3v) is 4.78. The quantitative estimate of drug-likeness (QED) is 0.497. The number of nitrogens with zero attached hydrogens (tertiary/aromatic N) is 4. The van der Waals surface area contributed by atoms with Gasteiger partial charge < -0.3 is 5.11 Å². The second kappa shape index (κ2) is 7.58. The van der Waals surface area contributed by atoms with E-state index in [1.165, 1.54) is 24.8 Å². The van der Waals surface area contributed by atoms with Gasteiger partial charge in [0, 0.05) is 17.1 Å². The van der Waals surface area contributed by atoms with E-state index < -0.39 is 0 Å².